The molecule has 1 aromatic carbocycles. The zero-order valence-corrected chi connectivity index (χ0v) is 13.6. The summed E-state index contributed by atoms with van der Waals surface area (Å²) < 4.78 is 0. The van der Waals surface area contributed by atoms with Gasteiger partial charge in [-0.2, -0.15) is 0 Å². The van der Waals surface area contributed by atoms with Gasteiger partial charge in [-0.3, -0.25) is 0 Å². The number of hydrogen-bond acceptors (Lipinski definition) is 2. The number of aromatic nitrogens is 1. The number of rotatable bonds is 3. The van der Waals surface area contributed by atoms with E-state index in [0.29, 0.717) is 0 Å². The zero-order valence-electron chi connectivity index (χ0n) is 13.6. The first-order valence-electron chi connectivity index (χ1n) is 7.49. The number of nitrogens with zero attached hydrogens (tertiary/aromatic N) is 1. The molecule has 0 aliphatic heterocycles. The largest absolute Gasteiger partial charge is 0.370 e. The zero-order chi connectivity index (χ0) is 14.9. The van der Waals surface area contributed by atoms with E-state index < -0.39 is 0 Å². The Balaban J connectivity index is 2.68. The smallest absolute Gasteiger partial charge is 0.130 e. The normalized spacial score (nSPS) is 11.9. The third kappa shape index (κ3) is 2.95. The summed E-state index contributed by atoms with van der Waals surface area (Å²) in [6.45, 7) is 14.2. The molecular weight excluding hydrogens is 244 g/mol. The first kappa shape index (κ1) is 14.8. The van der Waals surface area contributed by atoms with E-state index in [1.54, 1.807) is 0 Å². The van der Waals surface area contributed by atoms with Crippen molar-refractivity contribution < 1.29 is 0 Å². The molecule has 2 aromatic rings. The molecule has 0 fully saturated rings. The van der Waals surface area contributed by atoms with Gasteiger partial charge in [0.2, 0.25) is 0 Å². The summed E-state index contributed by atoms with van der Waals surface area (Å²) in [5.74, 6) is 1.04. The van der Waals surface area contributed by atoms with Crippen LogP contribution in [0.1, 0.15) is 50.8 Å². The SMILES string of the molecule is CCCNc1nc2c(C)cc(C)cc2cc1C(C)(C)C. The number of hydrogen-bond donors (Lipinski definition) is 1. The molecule has 0 radical (unpaired) electrons. The molecule has 108 valence electrons. The number of pyridine rings is 1. The number of anilines is 1. The number of benzene rings is 1. The predicted molar refractivity (Wildman–Crippen MR) is 88.7 cm³/mol. The first-order valence-corrected chi connectivity index (χ1v) is 7.49. The molecule has 0 amide bonds. The Morgan fingerprint density at radius 1 is 1.10 bits per heavy atom. The van der Waals surface area contributed by atoms with E-state index in [1.807, 2.05) is 0 Å². The van der Waals surface area contributed by atoms with Crippen LogP contribution in [0, 0.1) is 13.8 Å². The molecular formula is C18H26N2. The molecule has 1 N–H and O–H groups in total. The van der Waals surface area contributed by atoms with E-state index in [9.17, 15) is 0 Å². The minimum atomic E-state index is 0.0922. The van der Waals surface area contributed by atoms with Crippen LogP contribution in [0.2, 0.25) is 0 Å². The number of fused-ring (bicyclic) bond motifs is 1. The van der Waals surface area contributed by atoms with Gasteiger partial charge >= 0.3 is 0 Å². The molecule has 0 saturated heterocycles. The van der Waals surface area contributed by atoms with Crippen molar-refractivity contribution in [1.29, 1.82) is 0 Å². The Morgan fingerprint density at radius 3 is 2.40 bits per heavy atom. The van der Waals surface area contributed by atoms with Gasteiger partial charge < -0.3 is 5.32 Å². The van der Waals surface area contributed by atoms with E-state index in [4.69, 9.17) is 4.98 Å². The summed E-state index contributed by atoms with van der Waals surface area (Å²) in [7, 11) is 0. The van der Waals surface area contributed by atoms with Crippen LogP contribution < -0.4 is 5.32 Å². The van der Waals surface area contributed by atoms with E-state index in [0.717, 1.165) is 24.3 Å². The standard InChI is InChI=1S/C18H26N2/c1-7-8-19-17-15(18(4,5)6)11-14-10-12(2)9-13(3)16(14)20-17/h9-11H,7-8H2,1-6H3,(H,19,20). The maximum Gasteiger partial charge on any atom is 0.130 e. The molecule has 1 aromatic heterocycles. The van der Waals surface area contributed by atoms with Crippen molar-refractivity contribution in [3.63, 3.8) is 0 Å². The van der Waals surface area contributed by atoms with E-state index in [2.05, 4.69) is 65.1 Å². The molecule has 0 aliphatic carbocycles. The van der Waals surface area contributed by atoms with Crippen molar-refractivity contribution in [1.82, 2.24) is 4.98 Å². The summed E-state index contributed by atoms with van der Waals surface area (Å²) in [4.78, 5) is 4.91. The summed E-state index contributed by atoms with van der Waals surface area (Å²) >= 11 is 0. The molecule has 0 aliphatic rings. The lowest BCUT2D eigenvalue weighted by molar-refractivity contribution is 0.590. The van der Waals surface area contributed by atoms with Crippen LogP contribution in [-0.4, -0.2) is 11.5 Å². The van der Waals surface area contributed by atoms with Gasteiger partial charge in [0.15, 0.2) is 0 Å². The average molecular weight is 270 g/mol. The van der Waals surface area contributed by atoms with Gasteiger partial charge in [-0.05, 0) is 43.4 Å². The van der Waals surface area contributed by atoms with Crippen molar-refractivity contribution in [2.24, 2.45) is 0 Å². The Morgan fingerprint density at radius 2 is 1.80 bits per heavy atom. The van der Waals surface area contributed by atoms with Crippen LogP contribution in [0.3, 0.4) is 0 Å². The van der Waals surface area contributed by atoms with Crippen LogP contribution in [0.5, 0.6) is 0 Å². The minimum Gasteiger partial charge on any atom is -0.370 e. The average Bonchev–Trinajstić information content (AvgIpc) is 2.34. The Labute approximate surface area is 122 Å². The lowest BCUT2D eigenvalue weighted by Gasteiger charge is -2.24. The van der Waals surface area contributed by atoms with E-state index in [1.165, 1.54) is 22.1 Å². The van der Waals surface area contributed by atoms with Crippen molar-refractivity contribution in [3.05, 3.63) is 34.9 Å². The number of nitrogens with one attached hydrogen (secondary N) is 1. The second kappa shape index (κ2) is 5.43. The van der Waals surface area contributed by atoms with Crippen molar-refractivity contribution in [3.8, 4) is 0 Å². The maximum atomic E-state index is 4.91. The lowest BCUT2D eigenvalue weighted by atomic mass is 9.86. The molecule has 2 heteroatoms. The second-order valence-corrected chi connectivity index (χ2v) is 6.71. The second-order valence-electron chi connectivity index (χ2n) is 6.71. The highest BCUT2D eigenvalue weighted by Gasteiger charge is 2.20. The highest BCUT2D eigenvalue weighted by Crippen LogP contribution is 2.32. The van der Waals surface area contributed by atoms with Gasteiger partial charge in [-0.15, -0.1) is 0 Å². The van der Waals surface area contributed by atoms with Gasteiger partial charge in [-0.1, -0.05) is 39.3 Å². The number of aryl methyl sites for hydroxylation is 2. The third-order valence-electron chi connectivity index (χ3n) is 3.60. The Bertz CT molecular complexity index is 621. The van der Waals surface area contributed by atoms with E-state index >= 15 is 0 Å². The molecule has 0 atom stereocenters. The quantitative estimate of drug-likeness (QED) is 0.851. The van der Waals surface area contributed by atoms with Crippen LogP contribution >= 0.6 is 0 Å². The van der Waals surface area contributed by atoms with Gasteiger partial charge in [0.25, 0.3) is 0 Å². The highest BCUT2D eigenvalue weighted by molar-refractivity contribution is 5.85. The molecule has 0 spiro atoms. The Kier molecular flexibility index (Phi) is 4.03. The van der Waals surface area contributed by atoms with Gasteiger partial charge in [0.05, 0.1) is 5.52 Å². The maximum absolute atomic E-state index is 4.91. The fourth-order valence-corrected chi connectivity index (χ4v) is 2.60. The molecule has 2 nitrogen and oxygen atoms in total. The van der Waals surface area contributed by atoms with Crippen molar-refractivity contribution in [2.75, 3.05) is 11.9 Å². The van der Waals surface area contributed by atoms with Crippen LogP contribution in [0.25, 0.3) is 10.9 Å². The Hall–Kier alpha value is -1.57. The van der Waals surface area contributed by atoms with E-state index in [-0.39, 0.29) is 5.41 Å². The third-order valence-corrected chi connectivity index (χ3v) is 3.60. The van der Waals surface area contributed by atoms with Crippen molar-refractivity contribution in [2.45, 2.75) is 53.4 Å². The van der Waals surface area contributed by atoms with Crippen LogP contribution in [0.15, 0.2) is 18.2 Å². The molecule has 2 rings (SSSR count). The van der Waals surface area contributed by atoms with Gasteiger partial charge in [0, 0.05) is 17.5 Å². The fourth-order valence-electron chi connectivity index (χ4n) is 2.60. The topological polar surface area (TPSA) is 24.9 Å². The van der Waals surface area contributed by atoms with Crippen LogP contribution in [-0.2, 0) is 5.41 Å². The lowest BCUT2D eigenvalue weighted by Crippen LogP contribution is -2.16. The van der Waals surface area contributed by atoms with Crippen molar-refractivity contribution >= 4 is 16.7 Å². The molecule has 20 heavy (non-hydrogen) atoms. The molecule has 0 unspecified atom stereocenters. The summed E-state index contributed by atoms with van der Waals surface area (Å²) in [6.07, 6.45) is 1.11. The first-order chi connectivity index (χ1) is 9.32. The molecule has 1 heterocycles. The summed E-state index contributed by atoms with van der Waals surface area (Å²) in [6, 6.07) is 6.74. The molecule has 0 bridgehead atoms. The minimum absolute atomic E-state index is 0.0922. The van der Waals surface area contributed by atoms with Gasteiger partial charge in [0.1, 0.15) is 5.82 Å². The summed E-state index contributed by atoms with van der Waals surface area (Å²) in [5.41, 5.74) is 5.05. The van der Waals surface area contributed by atoms with Crippen LogP contribution in [0.4, 0.5) is 5.82 Å². The monoisotopic (exact) mass is 270 g/mol. The fraction of sp³-hybridized carbons (Fsp3) is 0.500. The predicted octanol–water partition coefficient (Wildman–Crippen LogP) is 4.97. The summed E-state index contributed by atoms with van der Waals surface area (Å²) in [5, 5.41) is 4.74. The van der Waals surface area contributed by atoms with Gasteiger partial charge in [-0.25, -0.2) is 4.98 Å². The highest BCUT2D eigenvalue weighted by atomic mass is 15.0. The molecule has 0 saturated carbocycles.